The summed E-state index contributed by atoms with van der Waals surface area (Å²) in [6.07, 6.45) is 0. The molecule has 1 unspecified atom stereocenters. The molecule has 0 saturated heterocycles. The lowest BCUT2D eigenvalue weighted by Crippen LogP contribution is -2.07. The number of hydrogen-bond donors (Lipinski definition) is 1. The van der Waals surface area contributed by atoms with E-state index in [0.29, 0.717) is 10.6 Å². The summed E-state index contributed by atoms with van der Waals surface area (Å²) in [6, 6.07) is 10.4. The molecular weight excluding hydrogens is 416 g/mol. The number of aromatic nitrogens is 2. The number of nitrogens with one attached hydrogen (secondary N) is 1. The van der Waals surface area contributed by atoms with Crippen molar-refractivity contribution in [3.63, 3.8) is 0 Å². The van der Waals surface area contributed by atoms with E-state index in [-0.39, 0.29) is 6.54 Å². The second kappa shape index (κ2) is 6.23. The largest absolute Gasteiger partial charge is 0.316 e. The van der Waals surface area contributed by atoms with Gasteiger partial charge in [0.15, 0.2) is 0 Å². The molecule has 0 amide bonds. The van der Waals surface area contributed by atoms with Crippen molar-refractivity contribution in [2.45, 2.75) is 5.92 Å². The topological polar surface area (TPSA) is 33.0 Å². The molecule has 1 N–H and O–H groups in total. The summed E-state index contributed by atoms with van der Waals surface area (Å²) in [7, 11) is 0. The molecule has 3 aromatic rings. The number of rotatable bonds is 3. The number of aromatic amines is 1. The van der Waals surface area contributed by atoms with Gasteiger partial charge in [0.1, 0.15) is 17.3 Å². The van der Waals surface area contributed by atoms with Crippen LogP contribution in [0.3, 0.4) is 0 Å². The summed E-state index contributed by atoms with van der Waals surface area (Å²) in [5, 5.41) is 8.54. The average Bonchev–Trinajstić information content (AvgIpc) is 2.91. The van der Waals surface area contributed by atoms with E-state index in [2.05, 4.69) is 37.6 Å². The standard InChI is InChI=1S/C16H10ClFIN3/c1-20-8-12(10-6-5-9(17)7-13(10)18)15-11-3-2-4-14(19)16(11)22-21-15/h2-7,12H,8H2,(H,21,22). The fraction of sp³-hybridized carbons (Fsp3) is 0.125. The number of H-pyrrole nitrogens is 1. The molecule has 0 fully saturated rings. The van der Waals surface area contributed by atoms with E-state index in [1.807, 2.05) is 18.2 Å². The molecule has 1 heterocycles. The van der Waals surface area contributed by atoms with Crippen molar-refractivity contribution in [1.82, 2.24) is 10.2 Å². The number of para-hydroxylation sites is 1. The Morgan fingerprint density at radius 2 is 2.18 bits per heavy atom. The number of fused-ring (bicyclic) bond motifs is 1. The quantitative estimate of drug-likeness (QED) is 0.464. The minimum atomic E-state index is -0.408. The molecule has 0 bridgehead atoms. The van der Waals surface area contributed by atoms with Crippen LogP contribution in [-0.2, 0) is 0 Å². The van der Waals surface area contributed by atoms with Crippen molar-refractivity contribution >= 4 is 45.1 Å². The van der Waals surface area contributed by atoms with Gasteiger partial charge in [0.25, 0.3) is 0 Å². The van der Waals surface area contributed by atoms with Gasteiger partial charge in [-0.3, -0.25) is 5.10 Å². The first kappa shape index (κ1) is 15.3. The number of hydrogen-bond acceptors (Lipinski definition) is 1. The zero-order chi connectivity index (χ0) is 15.7. The summed E-state index contributed by atoms with van der Waals surface area (Å²) < 4.78 is 15.3. The minimum Gasteiger partial charge on any atom is -0.316 e. The molecule has 3 rings (SSSR count). The van der Waals surface area contributed by atoms with Crippen LogP contribution in [0, 0.1) is 16.0 Å². The Hall–Kier alpha value is -1.65. The van der Waals surface area contributed by atoms with E-state index < -0.39 is 11.7 Å². The van der Waals surface area contributed by atoms with E-state index in [1.165, 1.54) is 6.07 Å². The first-order valence-electron chi connectivity index (χ1n) is 6.52. The summed E-state index contributed by atoms with van der Waals surface area (Å²) in [6.45, 7) is 7.33. The van der Waals surface area contributed by atoms with E-state index >= 15 is 0 Å². The maximum absolute atomic E-state index is 14.3. The molecule has 2 aromatic carbocycles. The van der Waals surface area contributed by atoms with Crippen LogP contribution in [0.15, 0.2) is 36.4 Å². The summed E-state index contributed by atoms with van der Waals surface area (Å²) >= 11 is 8.03. The predicted molar refractivity (Wildman–Crippen MR) is 93.5 cm³/mol. The molecule has 0 aliphatic heterocycles. The van der Waals surface area contributed by atoms with Crippen molar-refractivity contribution in [2.75, 3.05) is 6.54 Å². The number of benzene rings is 2. The van der Waals surface area contributed by atoms with Crippen molar-refractivity contribution < 1.29 is 4.39 Å². The van der Waals surface area contributed by atoms with Gasteiger partial charge in [-0.15, -0.1) is 0 Å². The van der Waals surface area contributed by atoms with Gasteiger partial charge in [-0.1, -0.05) is 29.8 Å². The highest BCUT2D eigenvalue weighted by Gasteiger charge is 2.25. The zero-order valence-electron chi connectivity index (χ0n) is 11.3. The maximum atomic E-state index is 14.3. The van der Waals surface area contributed by atoms with E-state index in [4.69, 9.17) is 18.2 Å². The summed E-state index contributed by atoms with van der Waals surface area (Å²) in [5.74, 6) is -0.813. The lowest BCUT2D eigenvalue weighted by atomic mass is 9.93. The molecule has 1 atom stereocenters. The Labute approximate surface area is 145 Å². The third-order valence-electron chi connectivity index (χ3n) is 3.53. The van der Waals surface area contributed by atoms with E-state index in [1.54, 1.807) is 12.1 Å². The molecule has 1 aromatic heterocycles. The molecule has 0 spiro atoms. The fourth-order valence-electron chi connectivity index (χ4n) is 2.51. The van der Waals surface area contributed by atoms with Crippen molar-refractivity contribution in [3.8, 4) is 0 Å². The van der Waals surface area contributed by atoms with Crippen LogP contribution < -0.4 is 0 Å². The second-order valence-corrected chi connectivity index (χ2v) is 6.43. The van der Waals surface area contributed by atoms with Crippen molar-refractivity contribution in [3.05, 3.63) is 73.5 Å². The van der Waals surface area contributed by atoms with Gasteiger partial charge in [0.05, 0.1) is 5.69 Å². The van der Waals surface area contributed by atoms with Crippen LogP contribution in [-0.4, -0.2) is 16.7 Å². The highest BCUT2D eigenvalue weighted by atomic mass is 127. The van der Waals surface area contributed by atoms with Gasteiger partial charge in [-0.05, 0) is 40.8 Å². The lowest BCUT2D eigenvalue weighted by molar-refractivity contribution is 0.599. The summed E-state index contributed by atoms with van der Waals surface area (Å²) in [4.78, 5) is 3.46. The smallest absolute Gasteiger partial charge is 0.227 e. The highest BCUT2D eigenvalue weighted by molar-refractivity contribution is 14.1. The van der Waals surface area contributed by atoms with Crippen LogP contribution in [0.2, 0.25) is 5.02 Å². The minimum absolute atomic E-state index is 0.140. The Bertz CT molecular complexity index is 885. The Morgan fingerprint density at radius 3 is 2.91 bits per heavy atom. The van der Waals surface area contributed by atoms with E-state index in [9.17, 15) is 4.39 Å². The Balaban J connectivity index is 2.18. The van der Waals surface area contributed by atoms with Gasteiger partial charge in [0, 0.05) is 19.5 Å². The summed E-state index contributed by atoms with van der Waals surface area (Å²) in [5.41, 5.74) is 2.04. The Kier molecular flexibility index (Phi) is 4.32. The van der Waals surface area contributed by atoms with Gasteiger partial charge < -0.3 is 4.85 Å². The molecule has 3 nitrogen and oxygen atoms in total. The van der Waals surface area contributed by atoms with Crippen LogP contribution in [0.5, 0.6) is 0 Å². The van der Waals surface area contributed by atoms with Crippen LogP contribution in [0.4, 0.5) is 4.39 Å². The van der Waals surface area contributed by atoms with E-state index in [0.717, 1.165) is 20.2 Å². The monoisotopic (exact) mass is 425 g/mol. The molecule has 0 radical (unpaired) electrons. The fourth-order valence-corrected chi connectivity index (χ4v) is 3.29. The first-order chi connectivity index (χ1) is 10.6. The van der Waals surface area contributed by atoms with Crippen molar-refractivity contribution in [1.29, 1.82) is 0 Å². The second-order valence-electron chi connectivity index (χ2n) is 4.83. The molecule has 0 aliphatic rings. The zero-order valence-corrected chi connectivity index (χ0v) is 14.2. The van der Waals surface area contributed by atoms with Crippen LogP contribution in [0.25, 0.3) is 15.7 Å². The normalized spacial score (nSPS) is 12.3. The molecule has 0 aliphatic carbocycles. The maximum Gasteiger partial charge on any atom is 0.227 e. The number of halogens is 3. The SMILES string of the molecule is [C-]#[N+]CC(c1ccc(Cl)cc1F)c1[nH]nc2c(I)cccc12. The van der Waals surface area contributed by atoms with Gasteiger partial charge in [-0.2, -0.15) is 5.10 Å². The predicted octanol–water partition coefficient (Wildman–Crippen LogP) is 5.01. The van der Waals surface area contributed by atoms with Crippen LogP contribution >= 0.6 is 34.2 Å². The highest BCUT2D eigenvalue weighted by Crippen LogP contribution is 2.33. The van der Waals surface area contributed by atoms with Crippen molar-refractivity contribution in [2.24, 2.45) is 0 Å². The third-order valence-corrected chi connectivity index (χ3v) is 4.63. The molecule has 110 valence electrons. The third kappa shape index (κ3) is 2.69. The number of nitrogens with zero attached hydrogens (tertiary/aromatic N) is 2. The molecule has 22 heavy (non-hydrogen) atoms. The van der Waals surface area contributed by atoms with Gasteiger partial charge in [-0.25, -0.2) is 11.0 Å². The van der Waals surface area contributed by atoms with Gasteiger partial charge >= 0.3 is 0 Å². The first-order valence-corrected chi connectivity index (χ1v) is 7.98. The van der Waals surface area contributed by atoms with Gasteiger partial charge in [0.2, 0.25) is 6.54 Å². The molecule has 6 heteroatoms. The van der Waals surface area contributed by atoms with Crippen LogP contribution in [0.1, 0.15) is 17.2 Å². The lowest BCUT2D eigenvalue weighted by Gasteiger charge is -2.12. The molecular formula is C16H10ClFIN3. The molecule has 0 saturated carbocycles. The average molecular weight is 426 g/mol. The Morgan fingerprint density at radius 1 is 1.36 bits per heavy atom.